The third-order valence-electron chi connectivity index (χ3n) is 2.52. The van der Waals surface area contributed by atoms with E-state index in [9.17, 15) is 4.79 Å². The molecule has 17 heavy (non-hydrogen) atoms. The van der Waals surface area contributed by atoms with Gasteiger partial charge in [-0.1, -0.05) is 25.5 Å². The maximum atomic E-state index is 11.0. The predicted molar refractivity (Wildman–Crippen MR) is 67.6 cm³/mol. The highest BCUT2D eigenvalue weighted by Crippen LogP contribution is 2.17. The number of hydrogen-bond donors (Lipinski definition) is 2. The summed E-state index contributed by atoms with van der Waals surface area (Å²) in [7, 11) is 1.65. The molecule has 1 rings (SSSR count). The van der Waals surface area contributed by atoms with Crippen LogP contribution < -0.4 is 5.32 Å². The molecule has 1 aromatic rings. The van der Waals surface area contributed by atoms with Crippen LogP contribution in [0.5, 0.6) is 0 Å². The lowest BCUT2D eigenvalue weighted by atomic mass is 10.1. The molecule has 4 nitrogen and oxygen atoms in total. The predicted octanol–water partition coefficient (Wildman–Crippen LogP) is 2.61. The first-order valence-corrected chi connectivity index (χ1v) is 5.76. The fraction of sp³-hybridized carbons (Fsp3) is 0.462. The van der Waals surface area contributed by atoms with E-state index in [0.717, 1.165) is 12.8 Å². The highest BCUT2D eigenvalue weighted by molar-refractivity contribution is 5.94. The Morgan fingerprint density at radius 2 is 2.18 bits per heavy atom. The van der Waals surface area contributed by atoms with E-state index in [4.69, 9.17) is 9.84 Å². The van der Waals surface area contributed by atoms with E-state index in [1.807, 2.05) is 6.07 Å². The third-order valence-corrected chi connectivity index (χ3v) is 2.52. The number of rotatable bonds is 7. The minimum Gasteiger partial charge on any atom is -0.478 e. The molecular formula is C13H19NO3. The van der Waals surface area contributed by atoms with Crippen LogP contribution in [-0.2, 0) is 4.74 Å². The SMILES string of the molecule is CCCC(COC)Nc1ccccc1C(=O)O. The molecule has 0 aliphatic heterocycles. The van der Waals surface area contributed by atoms with Crippen LogP contribution in [-0.4, -0.2) is 30.8 Å². The summed E-state index contributed by atoms with van der Waals surface area (Å²) in [5.41, 5.74) is 0.945. The number of ether oxygens (including phenoxy) is 1. The average molecular weight is 237 g/mol. The highest BCUT2D eigenvalue weighted by atomic mass is 16.5. The van der Waals surface area contributed by atoms with Crippen molar-refractivity contribution in [1.82, 2.24) is 0 Å². The van der Waals surface area contributed by atoms with Crippen LogP contribution in [0.25, 0.3) is 0 Å². The maximum absolute atomic E-state index is 11.0. The molecular weight excluding hydrogens is 218 g/mol. The van der Waals surface area contributed by atoms with Crippen molar-refractivity contribution >= 4 is 11.7 Å². The fourth-order valence-electron chi connectivity index (χ4n) is 1.76. The zero-order valence-corrected chi connectivity index (χ0v) is 10.3. The van der Waals surface area contributed by atoms with Crippen LogP contribution in [0.4, 0.5) is 5.69 Å². The number of benzene rings is 1. The van der Waals surface area contributed by atoms with Crippen molar-refractivity contribution in [2.45, 2.75) is 25.8 Å². The van der Waals surface area contributed by atoms with Gasteiger partial charge in [0.05, 0.1) is 12.2 Å². The monoisotopic (exact) mass is 237 g/mol. The Morgan fingerprint density at radius 1 is 1.47 bits per heavy atom. The van der Waals surface area contributed by atoms with Crippen molar-refractivity contribution in [3.8, 4) is 0 Å². The molecule has 1 atom stereocenters. The van der Waals surface area contributed by atoms with Gasteiger partial charge in [0, 0.05) is 18.8 Å². The largest absolute Gasteiger partial charge is 0.478 e. The van der Waals surface area contributed by atoms with E-state index in [2.05, 4.69) is 12.2 Å². The molecule has 0 saturated carbocycles. The lowest BCUT2D eigenvalue weighted by Crippen LogP contribution is -2.25. The topological polar surface area (TPSA) is 58.6 Å². The minimum absolute atomic E-state index is 0.144. The van der Waals surface area contributed by atoms with Gasteiger partial charge in [0.15, 0.2) is 0 Å². The maximum Gasteiger partial charge on any atom is 0.337 e. The summed E-state index contributed by atoms with van der Waals surface area (Å²) in [5, 5.41) is 12.3. The Labute approximate surface area is 102 Å². The van der Waals surface area contributed by atoms with Gasteiger partial charge >= 0.3 is 5.97 Å². The van der Waals surface area contributed by atoms with Gasteiger partial charge in [-0.3, -0.25) is 0 Å². The number of methoxy groups -OCH3 is 1. The molecule has 0 radical (unpaired) electrons. The summed E-state index contributed by atoms with van der Waals surface area (Å²) in [4.78, 5) is 11.0. The summed E-state index contributed by atoms with van der Waals surface area (Å²) < 4.78 is 5.12. The van der Waals surface area contributed by atoms with E-state index in [-0.39, 0.29) is 6.04 Å². The molecule has 0 fully saturated rings. The van der Waals surface area contributed by atoms with Gasteiger partial charge in [-0.05, 0) is 18.6 Å². The van der Waals surface area contributed by atoms with E-state index < -0.39 is 5.97 Å². The number of hydrogen-bond acceptors (Lipinski definition) is 3. The molecule has 0 aliphatic rings. The number of carboxylic acids is 1. The van der Waals surface area contributed by atoms with Crippen molar-refractivity contribution in [3.63, 3.8) is 0 Å². The molecule has 0 heterocycles. The summed E-state index contributed by atoms with van der Waals surface area (Å²) in [6, 6.07) is 7.07. The van der Waals surface area contributed by atoms with Crippen LogP contribution in [0.15, 0.2) is 24.3 Å². The van der Waals surface area contributed by atoms with Crippen LogP contribution >= 0.6 is 0 Å². The zero-order valence-electron chi connectivity index (χ0n) is 10.3. The Bertz CT molecular complexity index is 359. The summed E-state index contributed by atoms with van der Waals surface area (Å²) in [6.07, 6.45) is 1.97. The summed E-state index contributed by atoms with van der Waals surface area (Å²) in [5.74, 6) is -0.916. The van der Waals surface area contributed by atoms with Crippen molar-refractivity contribution < 1.29 is 14.6 Å². The smallest absolute Gasteiger partial charge is 0.337 e. The lowest BCUT2D eigenvalue weighted by molar-refractivity contribution is 0.0697. The second kappa shape index (κ2) is 6.91. The standard InChI is InChI=1S/C13H19NO3/c1-3-6-10(9-17-2)14-12-8-5-4-7-11(12)13(15)16/h4-5,7-8,10,14H,3,6,9H2,1-2H3,(H,15,16). The molecule has 0 bridgehead atoms. The summed E-state index contributed by atoms with van der Waals surface area (Å²) >= 11 is 0. The van der Waals surface area contributed by atoms with Gasteiger partial charge in [0.1, 0.15) is 0 Å². The van der Waals surface area contributed by atoms with Gasteiger partial charge in [-0.15, -0.1) is 0 Å². The Balaban J connectivity index is 2.80. The lowest BCUT2D eigenvalue weighted by Gasteiger charge is -2.19. The second-order valence-corrected chi connectivity index (χ2v) is 3.94. The molecule has 0 amide bonds. The van der Waals surface area contributed by atoms with Crippen LogP contribution in [0, 0.1) is 0 Å². The number of anilines is 1. The fourth-order valence-corrected chi connectivity index (χ4v) is 1.76. The second-order valence-electron chi connectivity index (χ2n) is 3.94. The number of para-hydroxylation sites is 1. The molecule has 4 heteroatoms. The molecule has 0 saturated heterocycles. The Hall–Kier alpha value is -1.55. The first-order valence-electron chi connectivity index (χ1n) is 5.76. The number of carboxylic acid groups (broad SMARTS) is 1. The van der Waals surface area contributed by atoms with Crippen molar-refractivity contribution in [2.75, 3.05) is 19.0 Å². The van der Waals surface area contributed by atoms with E-state index in [1.54, 1.807) is 25.3 Å². The van der Waals surface area contributed by atoms with Gasteiger partial charge < -0.3 is 15.2 Å². The Kier molecular flexibility index (Phi) is 5.49. The Morgan fingerprint density at radius 3 is 2.76 bits per heavy atom. The van der Waals surface area contributed by atoms with Crippen LogP contribution in [0.3, 0.4) is 0 Å². The highest BCUT2D eigenvalue weighted by Gasteiger charge is 2.13. The molecule has 0 spiro atoms. The molecule has 1 unspecified atom stereocenters. The zero-order chi connectivity index (χ0) is 12.7. The van der Waals surface area contributed by atoms with E-state index >= 15 is 0 Å². The van der Waals surface area contributed by atoms with Crippen molar-refractivity contribution in [2.24, 2.45) is 0 Å². The minimum atomic E-state index is -0.916. The summed E-state index contributed by atoms with van der Waals surface area (Å²) in [6.45, 7) is 2.66. The number of nitrogens with one attached hydrogen (secondary N) is 1. The van der Waals surface area contributed by atoms with Gasteiger partial charge in [0.2, 0.25) is 0 Å². The normalized spacial score (nSPS) is 12.1. The molecule has 0 aliphatic carbocycles. The molecule has 2 N–H and O–H groups in total. The first-order chi connectivity index (χ1) is 8.19. The van der Waals surface area contributed by atoms with Crippen molar-refractivity contribution in [1.29, 1.82) is 0 Å². The first kappa shape index (κ1) is 13.5. The third kappa shape index (κ3) is 4.07. The molecule has 94 valence electrons. The number of carbonyl (C=O) groups is 1. The van der Waals surface area contributed by atoms with E-state index in [1.165, 1.54) is 0 Å². The van der Waals surface area contributed by atoms with E-state index in [0.29, 0.717) is 17.9 Å². The van der Waals surface area contributed by atoms with Gasteiger partial charge in [0.25, 0.3) is 0 Å². The quantitative estimate of drug-likeness (QED) is 0.765. The van der Waals surface area contributed by atoms with Crippen molar-refractivity contribution in [3.05, 3.63) is 29.8 Å². The van der Waals surface area contributed by atoms with Gasteiger partial charge in [-0.25, -0.2) is 4.79 Å². The van der Waals surface area contributed by atoms with Crippen LogP contribution in [0.2, 0.25) is 0 Å². The molecule has 1 aromatic carbocycles. The number of aromatic carboxylic acids is 1. The average Bonchev–Trinajstić information content (AvgIpc) is 2.30. The van der Waals surface area contributed by atoms with Gasteiger partial charge in [-0.2, -0.15) is 0 Å². The van der Waals surface area contributed by atoms with Crippen LogP contribution in [0.1, 0.15) is 30.1 Å². The molecule has 0 aromatic heterocycles.